The molecule has 0 amide bonds. The van der Waals surface area contributed by atoms with Gasteiger partial charge in [-0.3, -0.25) is 0 Å². The van der Waals surface area contributed by atoms with Crippen molar-refractivity contribution in [3.05, 3.63) is 40.4 Å². The Morgan fingerprint density at radius 2 is 2.29 bits per heavy atom. The quantitative estimate of drug-likeness (QED) is 0.932. The van der Waals surface area contributed by atoms with Gasteiger partial charge in [-0.2, -0.15) is 0 Å². The molecule has 0 fully saturated rings. The lowest BCUT2D eigenvalue weighted by atomic mass is 10.2. The van der Waals surface area contributed by atoms with Gasteiger partial charge in [0.05, 0.1) is 6.61 Å². The van der Waals surface area contributed by atoms with E-state index in [1.165, 1.54) is 0 Å². The Labute approximate surface area is 107 Å². The fourth-order valence-corrected chi connectivity index (χ4v) is 1.72. The van der Waals surface area contributed by atoms with Gasteiger partial charge in [-0.15, -0.1) is 10.2 Å². The molecule has 0 saturated heterocycles. The number of halogens is 1. The Bertz CT molecular complexity index is 513. The third-order valence-corrected chi connectivity index (χ3v) is 3.13. The van der Waals surface area contributed by atoms with Crippen LogP contribution in [0.1, 0.15) is 11.4 Å². The molecular formula is C11H12BrN3O2. The van der Waals surface area contributed by atoms with Gasteiger partial charge in [0.1, 0.15) is 18.7 Å². The fourth-order valence-electron chi connectivity index (χ4n) is 1.35. The number of rotatable bonds is 4. The molecule has 0 radical (unpaired) electrons. The number of benzene rings is 1. The van der Waals surface area contributed by atoms with Crippen LogP contribution in [0.3, 0.4) is 0 Å². The molecule has 6 heteroatoms. The molecule has 2 rings (SSSR count). The minimum Gasteiger partial charge on any atom is -0.486 e. The van der Waals surface area contributed by atoms with Crippen molar-refractivity contribution >= 4 is 15.9 Å². The van der Waals surface area contributed by atoms with Crippen molar-refractivity contribution in [2.24, 2.45) is 7.05 Å². The Morgan fingerprint density at radius 1 is 1.47 bits per heavy atom. The van der Waals surface area contributed by atoms with Gasteiger partial charge in [0, 0.05) is 11.5 Å². The van der Waals surface area contributed by atoms with Gasteiger partial charge in [0.15, 0.2) is 5.82 Å². The van der Waals surface area contributed by atoms with Gasteiger partial charge in [-0.1, -0.05) is 15.9 Å². The van der Waals surface area contributed by atoms with Crippen molar-refractivity contribution in [3.63, 3.8) is 0 Å². The van der Waals surface area contributed by atoms with Crippen LogP contribution < -0.4 is 4.74 Å². The van der Waals surface area contributed by atoms with E-state index in [0.29, 0.717) is 12.4 Å². The van der Waals surface area contributed by atoms with Crippen LogP contribution in [0.5, 0.6) is 5.75 Å². The van der Waals surface area contributed by atoms with Crippen LogP contribution in [0, 0.1) is 0 Å². The summed E-state index contributed by atoms with van der Waals surface area (Å²) in [6, 6.07) is 5.47. The third-order valence-electron chi connectivity index (χ3n) is 2.36. The topological polar surface area (TPSA) is 60.2 Å². The molecule has 1 aromatic heterocycles. The summed E-state index contributed by atoms with van der Waals surface area (Å²) in [6.07, 6.45) is 1.62. The second kappa shape index (κ2) is 5.29. The van der Waals surface area contributed by atoms with Gasteiger partial charge in [0.25, 0.3) is 0 Å². The Morgan fingerprint density at radius 3 is 2.94 bits per heavy atom. The monoisotopic (exact) mass is 297 g/mol. The maximum absolute atomic E-state index is 9.13. The summed E-state index contributed by atoms with van der Waals surface area (Å²) in [5, 5.41) is 16.8. The van der Waals surface area contributed by atoms with E-state index in [-0.39, 0.29) is 6.61 Å². The average Bonchev–Trinajstić information content (AvgIpc) is 2.74. The number of hydrogen-bond acceptors (Lipinski definition) is 4. The lowest BCUT2D eigenvalue weighted by Gasteiger charge is -2.08. The highest BCUT2D eigenvalue weighted by molar-refractivity contribution is 9.10. The van der Waals surface area contributed by atoms with E-state index in [1.807, 2.05) is 19.2 Å². The number of aliphatic hydroxyl groups is 1. The summed E-state index contributed by atoms with van der Waals surface area (Å²) in [6.45, 7) is 0.324. The van der Waals surface area contributed by atoms with Gasteiger partial charge < -0.3 is 14.4 Å². The minimum absolute atomic E-state index is 0.0260. The van der Waals surface area contributed by atoms with Gasteiger partial charge in [0.2, 0.25) is 0 Å². The molecule has 1 heterocycles. The van der Waals surface area contributed by atoms with Crippen LogP contribution in [-0.2, 0) is 20.3 Å². The molecule has 0 atom stereocenters. The molecule has 1 N–H and O–H groups in total. The first-order valence-corrected chi connectivity index (χ1v) is 5.85. The molecule has 2 aromatic rings. The number of aliphatic hydroxyl groups excluding tert-OH is 1. The third kappa shape index (κ3) is 2.83. The first-order chi connectivity index (χ1) is 8.20. The van der Waals surface area contributed by atoms with Crippen LogP contribution >= 0.6 is 15.9 Å². The highest BCUT2D eigenvalue weighted by Crippen LogP contribution is 2.23. The average molecular weight is 298 g/mol. The molecule has 0 aliphatic carbocycles. The molecule has 0 unspecified atom stereocenters. The predicted octanol–water partition coefficient (Wildman–Crippen LogP) is 1.65. The number of aryl methyl sites for hydroxylation is 1. The number of hydrogen-bond donors (Lipinski definition) is 1. The van der Waals surface area contributed by atoms with Crippen molar-refractivity contribution in [3.8, 4) is 5.75 Å². The van der Waals surface area contributed by atoms with E-state index in [0.717, 1.165) is 15.9 Å². The zero-order valence-electron chi connectivity index (χ0n) is 9.30. The van der Waals surface area contributed by atoms with E-state index in [2.05, 4.69) is 26.1 Å². The van der Waals surface area contributed by atoms with Crippen molar-refractivity contribution in [1.82, 2.24) is 14.8 Å². The van der Waals surface area contributed by atoms with Crippen LogP contribution in [0.2, 0.25) is 0 Å². The zero-order chi connectivity index (χ0) is 12.3. The van der Waals surface area contributed by atoms with Crippen molar-refractivity contribution in [1.29, 1.82) is 0 Å². The van der Waals surface area contributed by atoms with Crippen molar-refractivity contribution in [2.45, 2.75) is 13.2 Å². The first kappa shape index (κ1) is 12.1. The molecule has 5 nitrogen and oxygen atoms in total. The van der Waals surface area contributed by atoms with E-state index >= 15 is 0 Å². The summed E-state index contributed by atoms with van der Waals surface area (Å²) >= 11 is 3.35. The van der Waals surface area contributed by atoms with E-state index < -0.39 is 0 Å². The molecule has 1 aromatic carbocycles. The van der Waals surface area contributed by atoms with E-state index in [4.69, 9.17) is 9.84 Å². The molecule has 17 heavy (non-hydrogen) atoms. The minimum atomic E-state index is -0.0260. The maximum Gasteiger partial charge on any atom is 0.170 e. The Hall–Kier alpha value is -1.40. The highest BCUT2D eigenvalue weighted by atomic mass is 79.9. The Kier molecular flexibility index (Phi) is 3.75. The van der Waals surface area contributed by atoms with Crippen LogP contribution in [0.15, 0.2) is 29.0 Å². The lowest BCUT2D eigenvalue weighted by Crippen LogP contribution is -2.03. The summed E-state index contributed by atoms with van der Waals surface area (Å²) in [5.41, 5.74) is 0.792. The second-order valence-corrected chi connectivity index (χ2v) is 4.41. The van der Waals surface area contributed by atoms with Crippen LogP contribution in [0.4, 0.5) is 0 Å². The normalized spacial score (nSPS) is 10.5. The largest absolute Gasteiger partial charge is 0.486 e. The molecule has 90 valence electrons. The predicted molar refractivity (Wildman–Crippen MR) is 65.4 cm³/mol. The molecule has 0 saturated carbocycles. The molecule has 0 spiro atoms. The van der Waals surface area contributed by atoms with Gasteiger partial charge >= 0.3 is 0 Å². The fraction of sp³-hybridized carbons (Fsp3) is 0.273. The lowest BCUT2D eigenvalue weighted by molar-refractivity contribution is 0.274. The van der Waals surface area contributed by atoms with Crippen LogP contribution in [0.25, 0.3) is 0 Å². The van der Waals surface area contributed by atoms with E-state index in [9.17, 15) is 0 Å². The molecule has 0 bridgehead atoms. The summed E-state index contributed by atoms with van der Waals surface area (Å²) < 4.78 is 8.24. The molecule has 0 aliphatic heterocycles. The summed E-state index contributed by atoms with van der Waals surface area (Å²) in [5.74, 6) is 1.44. The Balaban J connectivity index is 2.07. The standard InChI is InChI=1S/C11H12BrN3O2/c1-15-7-13-14-11(15)6-17-9-2-3-10(12)8(4-9)5-16/h2-4,7,16H,5-6H2,1H3. The number of nitrogens with zero attached hydrogens (tertiary/aromatic N) is 3. The molecule has 0 aliphatic rings. The zero-order valence-corrected chi connectivity index (χ0v) is 10.9. The summed E-state index contributed by atoms with van der Waals surface area (Å²) in [4.78, 5) is 0. The van der Waals surface area contributed by atoms with Gasteiger partial charge in [-0.05, 0) is 23.8 Å². The van der Waals surface area contributed by atoms with Crippen molar-refractivity contribution in [2.75, 3.05) is 0 Å². The van der Waals surface area contributed by atoms with Gasteiger partial charge in [-0.25, -0.2) is 0 Å². The summed E-state index contributed by atoms with van der Waals surface area (Å²) in [7, 11) is 1.86. The number of ether oxygens (including phenoxy) is 1. The smallest absolute Gasteiger partial charge is 0.170 e. The number of aromatic nitrogens is 3. The van der Waals surface area contributed by atoms with Crippen LogP contribution in [-0.4, -0.2) is 19.9 Å². The highest BCUT2D eigenvalue weighted by Gasteiger charge is 2.04. The molecular weight excluding hydrogens is 286 g/mol. The van der Waals surface area contributed by atoms with Crippen molar-refractivity contribution < 1.29 is 9.84 Å². The maximum atomic E-state index is 9.13. The second-order valence-electron chi connectivity index (χ2n) is 3.56. The van der Waals surface area contributed by atoms with E-state index in [1.54, 1.807) is 17.0 Å². The SMILES string of the molecule is Cn1cnnc1COc1ccc(Br)c(CO)c1. The first-order valence-electron chi connectivity index (χ1n) is 5.05.